The minimum Gasteiger partial charge on any atom is -0.357 e. The maximum atomic E-state index is 11.8. The lowest BCUT2D eigenvalue weighted by atomic mass is 10.2. The second kappa shape index (κ2) is 5.52. The molecular weight excluding hydrogens is 274 g/mol. The van der Waals surface area contributed by atoms with Crippen molar-refractivity contribution in [2.45, 2.75) is 6.04 Å². The number of nitriles is 1. The number of likely N-dealkylation sites (N-methyl/N-ethyl adjacent to an activating group) is 1. The lowest BCUT2D eigenvalue weighted by Gasteiger charge is -2.34. The Kier molecular flexibility index (Phi) is 4.01. The predicted octanol–water partition coefficient (Wildman–Crippen LogP) is 0.192. The molecule has 1 aliphatic heterocycles. The predicted molar refractivity (Wildman–Crippen MR) is 69.9 cm³/mol. The van der Waals surface area contributed by atoms with Crippen LogP contribution >= 0.6 is 22.9 Å². The molecule has 1 amide bonds. The van der Waals surface area contributed by atoms with Crippen LogP contribution in [0.15, 0.2) is 0 Å². The van der Waals surface area contributed by atoms with E-state index in [2.05, 4.69) is 15.6 Å². The lowest BCUT2D eigenvalue weighted by Crippen LogP contribution is -2.57. The van der Waals surface area contributed by atoms with E-state index in [-0.39, 0.29) is 17.1 Å². The van der Waals surface area contributed by atoms with Crippen LogP contribution in [0.2, 0.25) is 5.15 Å². The Balaban J connectivity index is 2.28. The summed E-state index contributed by atoms with van der Waals surface area (Å²) in [5.41, 5.74) is 0. The summed E-state index contributed by atoms with van der Waals surface area (Å²) in [4.78, 5) is 18.2. The lowest BCUT2D eigenvalue weighted by molar-refractivity contribution is -0.122. The number of halogens is 1. The van der Waals surface area contributed by atoms with Gasteiger partial charge in [-0.05, 0) is 0 Å². The fourth-order valence-corrected chi connectivity index (χ4v) is 2.94. The Labute approximate surface area is 114 Å². The Morgan fingerprint density at radius 2 is 2.56 bits per heavy atom. The van der Waals surface area contributed by atoms with E-state index in [1.165, 1.54) is 11.3 Å². The summed E-state index contributed by atoms with van der Waals surface area (Å²) < 4.78 is 0. The average molecular weight is 286 g/mol. The summed E-state index contributed by atoms with van der Waals surface area (Å²) in [6.07, 6.45) is 0. The van der Waals surface area contributed by atoms with Crippen molar-refractivity contribution < 1.29 is 4.79 Å². The molecule has 1 atom stereocenters. The number of hydrogen-bond acceptors (Lipinski definition) is 6. The first-order chi connectivity index (χ1) is 8.67. The van der Waals surface area contributed by atoms with E-state index in [9.17, 15) is 4.79 Å². The third-order valence-corrected chi connectivity index (χ3v) is 4.10. The number of nitrogens with zero attached hydrogens (tertiary/aromatic N) is 3. The van der Waals surface area contributed by atoms with E-state index < -0.39 is 0 Å². The Bertz CT molecular complexity index is 497. The van der Waals surface area contributed by atoms with Crippen molar-refractivity contribution in [1.82, 2.24) is 15.6 Å². The number of nitrogens with one attached hydrogen (secondary N) is 2. The minimum absolute atomic E-state index is 0.0768. The number of aromatic nitrogens is 1. The first-order valence-electron chi connectivity index (χ1n) is 5.42. The SMILES string of the molecule is CNC(=O)C1CNCCN1c1nc(Cl)c(C#N)s1. The van der Waals surface area contributed by atoms with E-state index in [4.69, 9.17) is 16.9 Å². The maximum Gasteiger partial charge on any atom is 0.243 e. The maximum absolute atomic E-state index is 11.8. The molecule has 6 nitrogen and oxygen atoms in total. The molecule has 0 spiro atoms. The van der Waals surface area contributed by atoms with Crippen LogP contribution in [0.5, 0.6) is 0 Å². The quantitative estimate of drug-likeness (QED) is 0.811. The summed E-state index contributed by atoms with van der Waals surface area (Å²) in [6.45, 7) is 1.98. The highest BCUT2D eigenvalue weighted by Gasteiger charge is 2.30. The molecule has 2 N–H and O–H groups in total. The number of anilines is 1. The molecule has 0 saturated carbocycles. The molecule has 18 heavy (non-hydrogen) atoms. The van der Waals surface area contributed by atoms with Crippen LogP contribution in [-0.2, 0) is 4.79 Å². The van der Waals surface area contributed by atoms with Gasteiger partial charge in [-0.3, -0.25) is 4.79 Å². The molecule has 8 heteroatoms. The van der Waals surface area contributed by atoms with Gasteiger partial charge in [-0.15, -0.1) is 0 Å². The number of carbonyl (C=O) groups is 1. The number of rotatable bonds is 2. The Hall–Kier alpha value is -1.36. The third kappa shape index (κ3) is 2.41. The van der Waals surface area contributed by atoms with Gasteiger partial charge in [0, 0.05) is 26.7 Å². The highest BCUT2D eigenvalue weighted by atomic mass is 35.5. The molecule has 2 heterocycles. The molecule has 0 aliphatic carbocycles. The van der Waals surface area contributed by atoms with E-state index >= 15 is 0 Å². The normalized spacial score (nSPS) is 19.4. The van der Waals surface area contributed by atoms with Crippen LogP contribution in [0, 0.1) is 11.3 Å². The van der Waals surface area contributed by atoms with Gasteiger partial charge in [-0.1, -0.05) is 22.9 Å². The van der Waals surface area contributed by atoms with Crippen molar-refractivity contribution in [3.63, 3.8) is 0 Å². The van der Waals surface area contributed by atoms with Crippen LogP contribution in [0.3, 0.4) is 0 Å². The third-order valence-electron chi connectivity index (χ3n) is 2.71. The van der Waals surface area contributed by atoms with Crippen LogP contribution in [0.25, 0.3) is 0 Å². The van der Waals surface area contributed by atoms with Gasteiger partial charge < -0.3 is 15.5 Å². The summed E-state index contributed by atoms with van der Waals surface area (Å²) in [5.74, 6) is -0.0768. The molecule has 96 valence electrons. The molecule has 1 saturated heterocycles. The highest BCUT2D eigenvalue weighted by Crippen LogP contribution is 2.30. The van der Waals surface area contributed by atoms with Crippen LogP contribution < -0.4 is 15.5 Å². The Morgan fingerprint density at radius 3 is 3.17 bits per heavy atom. The topological polar surface area (TPSA) is 81.1 Å². The van der Waals surface area contributed by atoms with Crippen molar-refractivity contribution in [2.75, 3.05) is 31.6 Å². The zero-order valence-electron chi connectivity index (χ0n) is 9.73. The van der Waals surface area contributed by atoms with E-state index in [0.29, 0.717) is 23.1 Å². The number of thiazole rings is 1. The molecule has 1 aliphatic rings. The second-order valence-electron chi connectivity index (χ2n) is 3.76. The zero-order valence-corrected chi connectivity index (χ0v) is 11.3. The molecular formula is C10H12ClN5OS. The van der Waals surface area contributed by atoms with Gasteiger partial charge in [-0.2, -0.15) is 5.26 Å². The average Bonchev–Trinajstić information content (AvgIpc) is 2.79. The molecule has 2 rings (SSSR count). The molecule has 1 aromatic heterocycles. The van der Waals surface area contributed by atoms with E-state index in [1.807, 2.05) is 11.0 Å². The van der Waals surface area contributed by atoms with Crippen molar-refractivity contribution in [3.05, 3.63) is 10.0 Å². The van der Waals surface area contributed by atoms with Gasteiger partial charge >= 0.3 is 0 Å². The molecule has 0 aromatic carbocycles. The van der Waals surface area contributed by atoms with Gasteiger partial charge in [0.2, 0.25) is 5.91 Å². The minimum atomic E-state index is -0.322. The summed E-state index contributed by atoms with van der Waals surface area (Å²) in [6, 6.07) is 1.67. The second-order valence-corrected chi connectivity index (χ2v) is 5.09. The first-order valence-corrected chi connectivity index (χ1v) is 6.62. The molecule has 0 radical (unpaired) electrons. The van der Waals surface area contributed by atoms with Crippen molar-refractivity contribution >= 4 is 34.0 Å². The summed E-state index contributed by atoms with van der Waals surface area (Å²) >= 11 is 7.07. The van der Waals surface area contributed by atoms with Gasteiger partial charge in [0.1, 0.15) is 17.0 Å². The monoisotopic (exact) mass is 285 g/mol. The van der Waals surface area contributed by atoms with E-state index in [1.54, 1.807) is 7.05 Å². The highest BCUT2D eigenvalue weighted by molar-refractivity contribution is 7.16. The van der Waals surface area contributed by atoms with Gasteiger partial charge in [0.15, 0.2) is 10.3 Å². The number of hydrogen-bond donors (Lipinski definition) is 2. The number of amides is 1. The zero-order chi connectivity index (χ0) is 13.1. The van der Waals surface area contributed by atoms with Gasteiger partial charge in [0.25, 0.3) is 0 Å². The largest absolute Gasteiger partial charge is 0.357 e. The number of carbonyl (C=O) groups excluding carboxylic acids is 1. The van der Waals surface area contributed by atoms with Crippen LogP contribution in [0.4, 0.5) is 5.13 Å². The fraction of sp³-hybridized carbons (Fsp3) is 0.500. The Morgan fingerprint density at radius 1 is 1.78 bits per heavy atom. The van der Waals surface area contributed by atoms with Crippen LogP contribution in [0.1, 0.15) is 4.88 Å². The van der Waals surface area contributed by atoms with Gasteiger partial charge in [0.05, 0.1) is 0 Å². The van der Waals surface area contributed by atoms with Crippen molar-refractivity contribution in [1.29, 1.82) is 5.26 Å². The van der Waals surface area contributed by atoms with Crippen molar-refractivity contribution in [2.24, 2.45) is 0 Å². The summed E-state index contributed by atoms with van der Waals surface area (Å²) in [7, 11) is 1.60. The molecule has 0 bridgehead atoms. The van der Waals surface area contributed by atoms with Crippen molar-refractivity contribution in [3.8, 4) is 6.07 Å². The van der Waals surface area contributed by atoms with Gasteiger partial charge in [-0.25, -0.2) is 4.98 Å². The standard InChI is InChI=1S/C10H12ClN5OS/c1-13-9(17)6-5-14-2-3-16(6)10-15-8(11)7(4-12)18-10/h6,14H,2-3,5H2,1H3,(H,13,17). The summed E-state index contributed by atoms with van der Waals surface area (Å²) in [5, 5.41) is 15.5. The fourth-order valence-electron chi connectivity index (χ4n) is 1.82. The smallest absolute Gasteiger partial charge is 0.243 e. The van der Waals surface area contributed by atoms with Crippen LogP contribution in [-0.4, -0.2) is 43.6 Å². The number of piperazine rings is 1. The van der Waals surface area contributed by atoms with E-state index in [0.717, 1.165) is 6.54 Å². The first kappa shape index (κ1) is 13.1. The molecule has 1 fully saturated rings. The molecule has 1 aromatic rings. The molecule has 1 unspecified atom stereocenters.